The van der Waals surface area contributed by atoms with Crippen LogP contribution in [0.5, 0.6) is 0 Å². The molecule has 3 unspecified atom stereocenters. The Morgan fingerprint density at radius 1 is 0.562 bits per heavy atom. The SMILES string of the molecule is CCCCC/C=C\C/C=C\C/C=C\C=C\[C@H](O)CCCC(=O)O[C@H](COC(=O)CCCCCCCCCCCCCCCCCCC)COP(=O)(O)OC1[C@H](O)[C@H](O)C(O)[C@H](O)[C@H]1O. The summed E-state index contributed by atoms with van der Waals surface area (Å²) in [4.78, 5) is 35.8. The third-order valence-electron chi connectivity index (χ3n) is 11.3. The molecule has 0 heterocycles. The number of carbonyl (C=O) groups excluding carboxylic acids is 2. The van der Waals surface area contributed by atoms with E-state index in [1.54, 1.807) is 12.2 Å². The van der Waals surface area contributed by atoms with Crippen molar-refractivity contribution in [1.29, 1.82) is 0 Å². The zero-order chi connectivity index (χ0) is 47.3. The Bertz CT molecular complexity index is 1320. The zero-order valence-corrected chi connectivity index (χ0v) is 40.1. The standard InChI is InChI=1S/C49H87O14P/c1-3-5-7-9-11-13-15-17-18-19-20-22-24-26-28-30-32-36-42(51)60-38-41(39-61-64(58,59)63-49-47(56)45(54)44(53)46(55)48(49)57)62-43(52)37-33-35-40(50)34-31-29-27-25-23-21-16-14-12-10-8-6-4-2/h12,14,21,23,27,29,31,34,40-41,44-50,53-57H,3-11,13,15-20,22,24-26,28,30,32-33,35-39H2,1-2H3,(H,58,59)/b14-12-,23-21-,29-27-,34-31+/t40-,41+,44?,45-,46+,47+,48+,49?/m0/s1. The van der Waals surface area contributed by atoms with Crippen molar-refractivity contribution in [3.63, 3.8) is 0 Å². The number of aliphatic hydroxyl groups is 6. The van der Waals surface area contributed by atoms with Gasteiger partial charge in [0.05, 0.1) is 12.7 Å². The van der Waals surface area contributed by atoms with Crippen LogP contribution in [0, 0.1) is 0 Å². The van der Waals surface area contributed by atoms with Gasteiger partial charge >= 0.3 is 19.8 Å². The highest BCUT2D eigenvalue weighted by molar-refractivity contribution is 7.47. The van der Waals surface area contributed by atoms with Crippen molar-refractivity contribution >= 4 is 19.8 Å². The van der Waals surface area contributed by atoms with Crippen LogP contribution in [0.25, 0.3) is 0 Å². The summed E-state index contributed by atoms with van der Waals surface area (Å²) in [5, 5.41) is 60.5. The van der Waals surface area contributed by atoms with Gasteiger partial charge in [-0.2, -0.15) is 0 Å². The molecule has 14 nitrogen and oxygen atoms in total. The van der Waals surface area contributed by atoms with Gasteiger partial charge in [0.1, 0.15) is 43.2 Å². The number of rotatable bonds is 40. The first kappa shape index (κ1) is 59.8. The molecule has 15 heteroatoms. The van der Waals surface area contributed by atoms with E-state index in [0.29, 0.717) is 6.42 Å². The smallest absolute Gasteiger partial charge is 0.462 e. The van der Waals surface area contributed by atoms with Gasteiger partial charge in [-0.05, 0) is 44.9 Å². The van der Waals surface area contributed by atoms with Crippen LogP contribution in [0.15, 0.2) is 48.6 Å². The summed E-state index contributed by atoms with van der Waals surface area (Å²) >= 11 is 0. The predicted octanol–water partition coefficient (Wildman–Crippen LogP) is 8.92. The van der Waals surface area contributed by atoms with Crippen LogP contribution in [0.2, 0.25) is 0 Å². The lowest BCUT2D eigenvalue weighted by Gasteiger charge is -2.41. The maximum absolute atomic E-state index is 12.8. The van der Waals surface area contributed by atoms with Crippen LogP contribution in [-0.4, -0.2) is 110 Å². The monoisotopic (exact) mass is 931 g/mol. The Morgan fingerprint density at radius 2 is 1.03 bits per heavy atom. The number of allylic oxidation sites excluding steroid dienone is 7. The first-order valence-electron chi connectivity index (χ1n) is 24.5. The van der Waals surface area contributed by atoms with E-state index in [0.717, 1.165) is 44.9 Å². The Balaban J connectivity index is 2.52. The number of hydrogen-bond acceptors (Lipinski definition) is 13. The maximum Gasteiger partial charge on any atom is 0.472 e. The van der Waals surface area contributed by atoms with Gasteiger partial charge < -0.3 is 45.0 Å². The highest BCUT2D eigenvalue weighted by Crippen LogP contribution is 2.47. The Labute approximate surface area is 384 Å². The fraction of sp³-hybridized carbons (Fsp3) is 0.796. The van der Waals surface area contributed by atoms with E-state index >= 15 is 0 Å². The summed E-state index contributed by atoms with van der Waals surface area (Å²) in [5.41, 5.74) is 0. The molecule has 0 aromatic heterocycles. The predicted molar refractivity (Wildman–Crippen MR) is 250 cm³/mol. The topological polar surface area (TPSA) is 230 Å². The van der Waals surface area contributed by atoms with Gasteiger partial charge in [-0.1, -0.05) is 178 Å². The van der Waals surface area contributed by atoms with Crippen LogP contribution in [0.1, 0.15) is 187 Å². The molecule has 0 aliphatic heterocycles. The Hall–Kier alpha value is -2.23. The maximum atomic E-state index is 12.8. The van der Waals surface area contributed by atoms with Crippen LogP contribution in [0.3, 0.4) is 0 Å². The van der Waals surface area contributed by atoms with Crippen molar-refractivity contribution in [3.05, 3.63) is 48.6 Å². The highest BCUT2D eigenvalue weighted by Gasteiger charge is 2.51. The summed E-state index contributed by atoms with van der Waals surface area (Å²) < 4.78 is 33.4. The molecule has 0 amide bonds. The van der Waals surface area contributed by atoms with Gasteiger partial charge in [0.2, 0.25) is 0 Å². The number of phosphoric acid groups is 1. The lowest BCUT2D eigenvalue weighted by atomic mass is 9.85. The van der Waals surface area contributed by atoms with Gasteiger partial charge in [-0.3, -0.25) is 18.6 Å². The fourth-order valence-electron chi connectivity index (χ4n) is 7.27. The molecule has 0 bridgehead atoms. The molecule has 1 aliphatic rings. The second-order valence-electron chi connectivity index (χ2n) is 17.2. The molecule has 372 valence electrons. The van der Waals surface area contributed by atoms with Crippen molar-refractivity contribution in [1.82, 2.24) is 0 Å². The van der Waals surface area contributed by atoms with Crippen LogP contribution in [0.4, 0.5) is 0 Å². The van der Waals surface area contributed by atoms with Crippen molar-refractivity contribution in [2.24, 2.45) is 0 Å². The molecule has 0 aromatic carbocycles. The summed E-state index contributed by atoms with van der Waals surface area (Å²) in [5.74, 6) is -1.30. The van der Waals surface area contributed by atoms with E-state index < -0.39 is 81.8 Å². The van der Waals surface area contributed by atoms with Gasteiger partial charge in [-0.15, -0.1) is 0 Å². The number of hydrogen-bond donors (Lipinski definition) is 7. The molecular weight excluding hydrogens is 843 g/mol. The minimum atomic E-state index is -5.17. The average molecular weight is 931 g/mol. The summed E-state index contributed by atoms with van der Waals surface area (Å²) in [6, 6.07) is 0. The van der Waals surface area contributed by atoms with E-state index in [2.05, 4.69) is 38.2 Å². The van der Waals surface area contributed by atoms with E-state index in [1.165, 1.54) is 96.3 Å². The Kier molecular flexibility index (Phi) is 36.3. The second-order valence-corrected chi connectivity index (χ2v) is 18.6. The molecule has 1 aliphatic carbocycles. The number of phosphoric ester groups is 1. The van der Waals surface area contributed by atoms with Crippen LogP contribution in [-0.2, 0) is 32.7 Å². The first-order chi connectivity index (χ1) is 30.8. The van der Waals surface area contributed by atoms with E-state index in [9.17, 15) is 49.7 Å². The minimum absolute atomic E-state index is 0.129. The molecule has 9 atom stereocenters. The Morgan fingerprint density at radius 3 is 1.59 bits per heavy atom. The third kappa shape index (κ3) is 30.9. The molecule has 0 radical (unpaired) electrons. The number of unbranched alkanes of at least 4 members (excludes halogenated alkanes) is 19. The molecular formula is C49H87O14P. The minimum Gasteiger partial charge on any atom is -0.462 e. The second kappa shape index (κ2) is 38.8. The lowest BCUT2D eigenvalue weighted by molar-refractivity contribution is -0.220. The zero-order valence-electron chi connectivity index (χ0n) is 39.2. The van der Waals surface area contributed by atoms with Gasteiger partial charge in [0.25, 0.3) is 0 Å². The van der Waals surface area contributed by atoms with Crippen molar-refractivity contribution in [2.75, 3.05) is 13.2 Å². The molecule has 0 aromatic rings. The molecule has 7 N–H and O–H groups in total. The van der Waals surface area contributed by atoms with Crippen LogP contribution >= 0.6 is 7.82 Å². The number of aliphatic hydroxyl groups excluding tert-OH is 6. The van der Waals surface area contributed by atoms with E-state index in [-0.39, 0.29) is 25.7 Å². The van der Waals surface area contributed by atoms with Crippen molar-refractivity contribution in [2.45, 2.75) is 236 Å². The molecule has 64 heavy (non-hydrogen) atoms. The van der Waals surface area contributed by atoms with E-state index in [4.69, 9.17) is 18.5 Å². The number of carbonyl (C=O) groups is 2. The van der Waals surface area contributed by atoms with Crippen LogP contribution < -0.4 is 0 Å². The van der Waals surface area contributed by atoms with Crippen molar-refractivity contribution in [3.8, 4) is 0 Å². The van der Waals surface area contributed by atoms with Gasteiger partial charge in [-0.25, -0.2) is 4.57 Å². The average Bonchev–Trinajstić information content (AvgIpc) is 3.27. The van der Waals surface area contributed by atoms with Gasteiger partial charge in [0.15, 0.2) is 6.10 Å². The number of esters is 2. The quantitative estimate of drug-likeness (QED) is 0.0100. The molecule has 0 saturated heterocycles. The first-order valence-corrected chi connectivity index (χ1v) is 26.0. The normalized spacial score (nSPS) is 22.5. The lowest BCUT2D eigenvalue weighted by Crippen LogP contribution is -2.64. The highest BCUT2D eigenvalue weighted by atomic mass is 31.2. The fourth-order valence-corrected chi connectivity index (χ4v) is 8.25. The molecule has 1 saturated carbocycles. The van der Waals surface area contributed by atoms with Crippen molar-refractivity contribution < 1.29 is 68.2 Å². The molecule has 1 rings (SSSR count). The summed E-state index contributed by atoms with van der Waals surface area (Å²) in [7, 11) is -5.17. The number of ether oxygens (including phenoxy) is 2. The van der Waals surface area contributed by atoms with E-state index in [1.807, 2.05) is 12.2 Å². The molecule has 1 fully saturated rings. The third-order valence-corrected chi connectivity index (χ3v) is 12.3. The summed E-state index contributed by atoms with van der Waals surface area (Å²) in [6.07, 6.45) is 28.9. The van der Waals surface area contributed by atoms with Gasteiger partial charge in [0, 0.05) is 12.8 Å². The summed E-state index contributed by atoms with van der Waals surface area (Å²) in [6.45, 7) is 3.12. The molecule has 0 spiro atoms. The largest absolute Gasteiger partial charge is 0.472 e.